The minimum absolute atomic E-state index is 0.0626. The number of sulfonamides is 1. The van der Waals surface area contributed by atoms with Crippen LogP contribution in [0.3, 0.4) is 0 Å². The van der Waals surface area contributed by atoms with Crippen LogP contribution in [0.5, 0.6) is 0 Å². The van der Waals surface area contributed by atoms with Gasteiger partial charge in [-0.15, -0.1) is 0 Å². The van der Waals surface area contributed by atoms with Crippen molar-refractivity contribution in [2.75, 3.05) is 30.7 Å². The Morgan fingerprint density at radius 1 is 1.23 bits per heavy atom. The summed E-state index contributed by atoms with van der Waals surface area (Å²) in [5.74, 6) is 0.0502. The number of hydrogen-bond donors (Lipinski definition) is 2. The Balaban J connectivity index is 2.54. The highest BCUT2D eigenvalue weighted by molar-refractivity contribution is 7.92. The fourth-order valence-corrected chi connectivity index (χ4v) is 3.35. The molecule has 1 aromatic rings. The second kappa shape index (κ2) is 8.75. The molecule has 22 heavy (non-hydrogen) atoms. The van der Waals surface area contributed by atoms with Gasteiger partial charge in [-0.1, -0.05) is 26.0 Å². The summed E-state index contributed by atoms with van der Waals surface area (Å²) in [7, 11) is -1.75. The molecule has 0 saturated heterocycles. The van der Waals surface area contributed by atoms with Crippen LogP contribution >= 0.6 is 0 Å². The lowest BCUT2D eigenvalue weighted by Gasteiger charge is -2.10. The predicted molar refractivity (Wildman–Crippen MR) is 87.3 cm³/mol. The van der Waals surface area contributed by atoms with Crippen molar-refractivity contribution in [3.05, 3.63) is 29.8 Å². The van der Waals surface area contributed by atoms with Gasteiger partial charge in [-0.25, -0.2) is 8.42 Å². The first kappa shape index (κ1) is 18.4. The number of hydrogen-bond acceptors (Lipinski definition) is 4. The van der Waals surface area contributed by atoms with Gasteiger partial charge in [0, 0.05) is 19.3 Å². The van der Waals surface area contributed by atoms with Crippen molar-refractivity contribution in [2.45, 2.75) is 20.3 Å². The minimum atomic E-state index is -3.33. The fourth-order valence-electron chi connectivity index (χ4n) is 1.89. The third-order valence-electron chi connectivity index (χ3n) is 2.77. The normalized spacial score (nSPS) is 11.5. The highest BCUT2D eigenvalue weighted by Crippen LogP contribution is 2.13. The van der Waals surface area contributed by atoms with E-state index in [1.807, 2.05) is 13.8 Å². The van der Waals surface area contributed by atoms with E-state index in [-0.39, 0.29) is 24.0 Å². The van der Waals surface area contributed by atoms with Crippen LogP contribution in [-0.2, 0) is 26.0 Å². The van der Waals surface area contributed by atoms with Crippen molar-refractivity contribution < 1.29 is 17.9 Å². The summed E-state index contributed by atoms with van der Waals surface area (Å²) in [6.45, 7) is 4.65. The molecule has 0 radical (unpaired) electrons. The summed E-state index contributed by atoms with van der Waals surface area (Å²) in [5, 5.41) is 2.73. The van der Waals surface area contributed by atoms with Gasteiger partial charge in [0.15, 0.2) is 0 Å². The molecule has 0 aliphatic heterocycles. The lowest BCUT2D eigenvalue weighted by Crippen LogP contribution is -2.28. The molecule has 1 amide bonds. The van der Waals surface area contributed by atoms with Gasteiger partial charge in [0.05, 0.1) is 18.8 Å². The first-order valence-electron chi connectivity index (χ1n) is 7.17. The van der Waals surface area contributed by atoms with Crippen LogP contribution in [0, 0.1) is 5.92 Å². The van der Waals surface area contributed by atoms with Crippen molar-refractivity contribution in [3.63, 3.8) is 0 Å². The maximum absolute atomic E-state index is 11.8. The van der Waals surface area contributed by atoms with Crippen LogP contribution in [0.15, 0.2) is 24.3 Å². The van der Waals surface area contributed by atoms with E-state index in [0.717, 1.165) is 5.56 Å². The molecule has 0 saturated carbocycles. The number of rotatable bonds is 9. The van der Waals surface area contributed by atoms with Crippen molar-refractivity contribution in [1.29, 1.82) is 0 Å². The quantitative estimate of drug-likeness (QED) is 0.671. The summed E-state index contributed by atoms with van der Waals surface area (Å²) in [4.78, 5) is 11.6. The Kier molecular flexibility index (Phi) is 7.34. The zero-order chi connectivity index (χ0) is 16.6. The van der Waals surface area contributed by atoms with E-state index in [0.29, 0.717) is 18.8 Å². The van der Waals surface area contributed by atoms with Crippen LogP contribution in [0.1, 0.15) is 19.4 Å². The van der Waals surface area contributed by atoms with Crippen LogP contribution < -0.4 is 10.0 Å². The lowest BCUT2D eigenvalue weighted by atomic mass is 10.1. The smallest absolute Gasteiger partial charge is 0.232 e. The molecule has 0 heterocycles. The van der Waals surface area contributed by atoms with E-state index in [1.165, 1.54) is 0 Å². The Labute approximate surface area is 132 Å². The van der Waals surface area contributed by atoms with Crippen LogP contribution in [-0.4, -0.2) is 40.3 Å². The number of anilines is 1. The van der Waals surface area contributed by atoms with Crippen molar-refractivity contribution >= 4 is 21.6 Å². The summed E-state index contributed by atoms with van der Waals surface area (Å²) < 4.78 is 31.0. The number of benzene rings is 1. The van der Waals surface area contributed by atoms with E-state index >= 15 is 0 Å². The third kappa shape index (κ3) is 7.42. The largest absolute Gasteiger partial charge is 0.383 e. The molecule has 7 heteroatoms. The molecule has 0 spiro atoms. The number of carbonyl (C=O) groups is 1. The predicted octanol–water partition coefficient (Wildman–Crippen LogP) is 1.39. The number of nitrogens with one attached hydrogen (secondary N) is 2. The van der Waals surface area contributed by atoms with Gasteiger partial charge in [0.2, 0.25) is 15.9 Å². The molecule has 1 rings (SSSR count). The molecule has 0 aliphatic rings. The highest BCUT2D eigenvalue weighted by atomic mass is 32.2. The Hall–Kier alpha value is -1.60. The molecule has 124 valence electrons. The van der Waals surface area contributed by atoms with Gasteiger partial charge < -0.3 is 10.1 Å². The number of amides is 1. The maximum atomic E-state index is 11.8. The highest BCUT2D eigenvalue weighted by Gasteiger charge is 2.12. The third-order valence-corrected chi connectivity index (χ3v) is 4.43. The summed E-state index contributed by atoms with van der Waals surface area (Å²) in [5.41, 5.74) is 1.32. The number of ether oxygens (including phenoxy) is 1. The van der Waals surface area contributed by atoms with Crippen LogP contribution in [0.2, 0.25) is 0 Å². The second-order valence-corrected chi connectivity index (χ2v) is 7.26. The van der Waals surface area contributed by atoms with Gasteiger partial charge in [0.1, 0.15) is 0 Å². The van der Waals surface area contributed by atoms with Gasteiger partial charge in [-0.3, -0.25) is 9.52 Å². The Bertz CT molecular complexity index is 568. The standard InChI is InChI=1S/C15H24N2O4S/c1-12(2)11-22(19,20)17-14-6-4-13(5-7-14)10-15(18)16-8-9-21-3/h4-7,12,17H,8-11H2,1-3H3,(H,16,18). The fraction of sp³-hybridized carbons (Fsp3) is 0.533. The molecular formula is C15H24N2O4S. The zero-order valence-electron chi connectivity index (χ0n) is 13.3. The van der Waals surface area contributed by atoms with Gasteiger partial charge >= 0.3 is 0 Å². The molecule has 0 aromatic heterocycles. The van der Waals surface area contributed by atoms with E-state index in [4.69, 9.17) is 4.74 Å². The molecule has 0 bridgehead atoms. The van der Waals surface area contributed by atoms with Gasteiger partial charge in [-0.05, 0) is 23.6 Å². The van der Waals surface area contributed by atoms with Crippen molar-refractivity contribution in [2.24, 2.45) is 5.92 Å². The van der Waals surface area contributed by atoms with E-state index in [2.05, 4.69) is 10.0 Å². The molecule has 0 atom stereocenters. The lowest BCUT2D eigenvalue weighted by molar-refractivity contribution is -0.120. The molecule has 0 unspecified atom stereocenters. The Morgan fingerprint density at radius 2 is 1.86 bits per heavy atom. The topological polar surface area (TPSA) is 84.5 Å². The summed E-state index contributed by atoms with van der Waals surface area (Å²) in [6.07, 6.45) is 0.253. The first-order valence-corrected chi connectivity index (χ1v) is 8.82. The molecule has 1 aromatic carbocycles. The average Bonchev–Trinajstić information content (AvgIpc) is 2.39. The molecule has 6 nitrogen and oxygen atoms in total. The summed E-state index contributed by atoms with van der Waals surface area (Å²) >= 11 is 0. The van der Waals surface area contributed by atoms with Crippen molar-refractivity contribution in [3.8, 4) is 0 Å². The van der Waals surface area contributed by atoms with Crippen LogP contribution in [0.4, 0.5) is 5.69 Å². The molecular weight excluding hydrogens is 304 g/mol. The van der Waals surface area contributed by atoms with E-state index in [1.54, 1.807) is 31.4 Å². The average molecular weight is 328 g/mol. The second-order valence-electron chi connectivity index (χ2n) is 5.49. The van der Waals surface area contributed by atoms with Gasteiger partial charge in [-0.2, -0.15) is 0 Å². The van der Waals surface area contributed by atoms with Crippen LogP contribution in [0.25, 0.3) is 0 Å². The van der Waals surface area contributed by atoms with Crippen molar-refractivity contribution in [1.82, 2.24) is 5.32 Å². The number of methoxy groups -OCH3 is 1. The molecule has 0 fully saturated rings. The SMILES string of the molecule is COCCNC(=O)Cc1ccc(NS(=O)(=O)CC(C)C)cc1. The molecule has 0 aliphatic carbocycles. The molecule has 2 N–H and O–H groups in total. The minimum Gasteiger partial charge on any atom is -0.383 e. The van der Waals surface area contributed by atoms with E-state index < -0.39 is 10.0 Å². The monoisotopic (exact) mass is 328 g/mol. The van der Waals surface area contributed by atoms with E-state index in [9.17, 15) is 13.2 Å². The van der Waals surface area contributed by atoms with Gasteiger partial charge in [0.25, 0.3) is 0 Å². The first-order chi connectivity index (χ1) is 10.3. The maximum Gasteiger partial charge on any atom is 0.232 e. The Morgan fingerprint density at radius 3 is 2.41 bits per heavy atom. The number of carbonyl (C=O) groups excluding carboxylic acids is 1. The summed E-state index contributed by atoms with van der Waals surface area (Å²) in [6, 6.07) is 6.80. The zero-order valence-corrected chi connectivity index (χ0v) is 14.1.